The molecule has 2 aromatic carbocycles. The fourth-order valence-electron chi connectivity index (χ4n) is 3.10. The van der Waals surface area contributed by atoms with E-state index in [9.17, 15) is 55.5 Å². The van der Waals surface area contributed by atoms with Gasteiger partial charge in [-0.2, -0.15) is 0 Å². The first kappa shape index (κ1) is 24.7. The molecule has 0 amide bonds. The average Bonchev–Trinajstić information content (AvgIpc) is 2.79. The quantitative estimate of drug-likeness (QED) is 0.178. The Labute approximate surface area is 189 Å². The monoisotopic (exact) mass is 484 g/mol. The van der Waals surface area contributed by atoms with E-state index in [4.69, 9.17) is 14.2 Å². The van der Waals surface area contributed by atoms with E-state index in [1.807, 2.05) is 0 Å². The molecule has 0 bridgehead atoms. The smallest absolute Gasteiger partial charge is 0.340 e. The average molecular weight is 484 g/mol. The molecule has 1 fully saturated rings. The van der Waals surface area contributed by atoms with E-state index < -0.39 is 94.9 Å². The minimum Gasteiger partial charge on any atom is -0.504 e. The largest absolute Gasteiger partial charge is 0.504 e. The summed E-state index contributed by atoms with van der Waals surface area (Å²) in [5, 5.41) is 87.1. The van der Waals surface area contributed by atoms with Crippen LogP contribution in [-0.2, 0) is 14.2 Å². The van der Waals surface area contributed by atoms with Crippen LogP contribution < -0.4 is 0 Å². The summed E-state index contributed by atoms with van der Waals surface area (Å²) in [6.07, 6.45) is -9.10. The normalized spacial score (nSPS) is 24.4. The van der Waals surface area contributed by atoms with Crippen LogP contribution in [-0.4, -0.2) is 95.2 Å². The Hall–Kier alpha value is -3.98. The molecule has 14 heteroatoms. The summed E-state index contributed by atoms with van der Waals surface area (Å²) in [5.41, 5.74) is -0.911. The van der Waals surface area contributed by atoms with Crippen LogP contribution in [0.15, 0.2) is 24.3 Å². The summed E-state index contributed by atoms with van der Waals surface area (Å²) in [7, 11) is 0. The van der Waals surface area contributed by atoms with E-state index in [0.29, 0.717) is 0 Å². The second-order valence-electron chi connectivity index (χ2n) is 7.21. The van der Waals surface area contributed by atoms with Crippen molar-refractivity contribution in [3.8, 4) is 34.5 Å². The van der Waals surface area contributed by atoms with Gasteiger partial charge in [0.2, 0.25) is 6.29 Å². The second-order valence-corrected chi connectivity index (χ2v) is 7.21. The maximum atomic E-state index is 12.4. The van der Waals surface area contributed by atoms with Crippen LogP contribution >= 0.6 is 0 Å². The van der Waals surface area contributed by atoms with Gasteiger partial charge in [-0.25, -0.2) is 9.59 Å². The van der Waals surface area contributed by atoms with Crippen LogP contribution in [0.1, 0.15) is 20.7 Å². The number of esters is 2. The van der Waals surface area contributed by atoms with Gasteiger partial charge < -0.3 is 60.2 Å². The van der Waals surface area contributed by atoms with Crippen molar-refractivity contribution in [3.05, 3.63) is 35.4 Å². The minimum atomic E-state index is -2.01. The third kappa shape index (κ3) is 4.69. The molecule has 1 aliphatic rings. The standard InChI is InChI=1S/C20H20O14/c21-5-12-17(33-18(30)6-1-8(22)13(26)9(23)2-6)15(28)16(29)20(32-12)34-19(31)7-3-10(24)14(27)11(25)4-7/h1-4,12,15-17,20-29H,5H2. The molecule has 5 atom stereocenters. The fourth-order valence-corrected chi connectivity index (χ4v) is 3.10. The number of hydrogen-bond acceptors (Lipinski definition) is 14. The summed E-state index contributed by atoms with van der Waals surface area (Å²) in [4.78, 5) is 24.7. The lowest BCUT2D eigenvalue weighted by atomic mass is 9.98. The molecule has 14 nitrogen and oxygen atoms in total. The molecule has 0 saturated carbocycles. The SMILES string of the molecule is O=C(OC1OC(CO)C(OC(=O)c2cc(O)c(O)c(O)c2)C(O)C1O)c1cc(O)c(O)c(O)c1. The number of rotatable bonds is 5. The second kappa shape index (κ2) is 9.48. The summed E-state index contributed by atoms with van der Waals surface area (Å²) >= 11 is 0. The van der Waals surface area contributed by atoms with E-state index in [0.717, 1.165) is 24.3 Å². The minimum absolute atomic E-state index is 0.452. The lowest BCUT2D eigenvalue weighted by Crippen LogP contribution is -2.60. The van der Waals surface area contributed by atoms with Crippen molar-refractivity contribution < 1.29 is 69.8 Å². The number of aliphatic hydroxyl groups excluding tert-OH is 3. The van der Waals surface area contributed by atoms with Gasteiger partial charge in [0.1, 0.15) is 18.3 Å². The molecule has 0 aromatic heterocycles. The van der Waals surface area contributed by atoms with Gasteiger partial charge in [-0.05, 0) is 24.3 Å². The fraction of sp³-hybridized carbons (Fsp3) is 0.300. The van der Waals surface area contributed by atoms with Gasteiger partial charge in [0.05, 0.1) is 17.7 Å². The molecule has 1 aliphatic heterocycles. The number of carbonyl (C=O) groups excluding carboxylic acids is 2. The van der Waals surface area contributed by atoms with Gasteiger partial charge in [-0.1, -0.05) is 0 Å². The third-order valence-electron chi connectivity index (χ3n) is 4.90. The Morgan fingerprint density at radius 1 is 0.735 bits per heavy atom. The maximum Gasteiger partial charge on any atom is 0.340 e. The highest BCUT2D eigenvalue weighted by molar-refractivity contribution is 5.92. The Morgan fingerprint density at radius 3 is 1.56 bits per heavy atom. The molecule has 1 saturated heterocycles. The Morgan fingerprint density at radius 2 is 1.15 bits per heavy atom. The highest BCUT2D eigenvalue weighted by Crippen LogP contribution is 2.37. The highest BCUT2D eigenvalue weighted by atomic mass is 16.7. The summed E-state index contributed by atoms with van der Waals surface area (Å²) < 4.78 is 15.1. The van der Waals surface area contributed by atoms with Crippen molar-refractivity contribution in [3.63, 3.8) is 0 Å². The van der Waals surface area contributed by atoms with Gasteiger partial charge >= 0.3 is 11.9 Å². The number of phenolic OH excluding ortho intramolecular Hbond substituents is 6. The molecule has 5 unspecified atom stereocenters. The molecule has 3 rings (SSSR count). The first-order chi connectivity index (χ1) is 15.9. The van der Waals surface area contributed by atoms with Crippen LogP contribution in [0.4, 0.5) is 0 Å². The molecule has 184 valence electrons. The predicted octanol–water partition coefficient (Wildman–Crippen LogP) is -1.26. The first-order valence-electron chi connectivity index (χ1n) is 9.48. The van der Waals surface area contributed by atoms with Crippen molar-refractivity contribution >= 4 is 11.9 Å². The van der Waals surface area contributed by atoms with Crippen molar-refractivity contribution in [1.29, 1.82) is 0 Å². The van der Waals surface area contributed by atoms with Gasteiger partial charge in [-0.3, -0.25) is 0 Å². The third-order valence-corrected chi connectivity index (χ3v) is 4.90. The van der Waals surface area contributed by atoms with E-state index in [1.165, 1.54) is 0 Å². The van der Waals surface area contributed by atoms with Crippen molar-refractivity contribution in [2.45, 2.75) is 30.7 Å². The van der Waals surface area contributed by atoms with Crippen LogP contribution in [0.3, 0.4) is 0 Å². The zero-order valence-corrected chi connectivity index (χ0v) is 17.0. The topological polar surface area (TPSA) is 244 Å². The first-order valence-corrected chi connectivity index (χ1v) is 9.48. The number of benzene rings is 2. The molecule has 0 radical (unpaired) electrons. The Kier molecular flexibility index (Phi) is 6.88. The molecule has 2 aromatic rings. The van der Waals surface area contributed by atoms with E-state index in [2.05, 4.69) is 0 Å². The van der Waals surface area contributed by atoms with Crippen LogP contribution in [0.5, 0.6) is 34.5 Å². The van der Waals surface area contributed by atoms with Gasteiger partial charge in [0.25, 0.3) is 0 Å². The van der Waals surface area contributed by atoms with Crippen LogP contribution in [0.2, 0.25) is 0 Å². The number of aromatic hydroxyl groups is 6. The molecule has 1 heterocycles. The zero-order valence-electron chi connectivity index (χ0n) is 17.0. The zero-order chi connectivity index (χ0) is 25.3. The molecule has 9 N–H and O–H groups in total. The molecule has 0 aliphatic carbocycles. The molecule has 0 spiro atoms. The highest BCUT2D eigenvalue weighted by Gasteiger charge is 2.48. The van der Waals surface area contributed by atoms with Crippen molar-refractivity contribution in [2.75, 3.05) is 6.61 Å². The molecular weight excluding hydrogens is 464 g/mol. The van der Waals surface area contributed by atoms with Gasteiger partial charge in [0.15, 0.2) is 40.6 Å². The Balaban J connectivity index is 1.75. The maximum absolute atomic E-state index is 12.4. The summed E-state index contributed by atoms with van der Waals surface area (Å²) in [5.74, 6) is -7.65. The van der Waals surface area contributed by atoms with Gasteiger partial charge in [0, 0.05) is 0 Å². The predicted molar refractivity (Wildman–Crippen MR) is 105 cm³/mol. The van der Waals surface area contributed by atoms with E-state index in [-0.39, 0.29) is 0 Å². The summed E-state index contributed by atoms with van der Waals surface area (Å²) in [6, 6.07) is 3.01. The van der Waals surface area contributed by atoms with Gasteiger partial charge in [-0.15, -0.1) is 0 Å². The summed E-state index contributed by atoms with van der Waals surface area (Å²) in [6.45, 7) is -0.886. The van der Waals surface area contributed by atoms with E-state index >= 15 is 0 Å². The lowest BCUT2D eigenvalue weighted by molar-refractivity contribution is -0.284. The number of aliphatic hydroxyl groups is 3. The molecule has 34 heavy (non-hydrogen) atoms. The number of hydrogen-bond donors (Lipinski definition) is 9. The number of ether oxygens (including phenoxy) is 3. The number of phenols is 6. The van der Waals surface area contributed by atoms with Crippen molar-refractivity contribution in [1.82, 2.24) is 0 Å². The Bertz CT molecular complexity index is 1050. The number of carbonyl (C=O) groups is 2. The van der Waals surface area contributed by atoms with Crippen LogP contribution in [0.25, 0.3) is 0 Å². The van der Waals surface area contributed by atoms with E-state index in [1.54, 1.807) is 0 Å². The molecular formula is C20H20O14. The van der Waals surface area contributed by atoms with Crippen molar-refractivity contribution in [2.24, 2.45) is 0 Å². The van der Waals surface area contributed by atoms with Crippen LogP contribution in [0, 0.1) is 0 Å². The lowest BCUT2D eigenvalue weighted by Gasteiger charge is -2.40.